The van der Waals surface area contributed by atoms with Crippen molar-refractivity contribution >= 4 is 17.2 Å². The zero-order chi connectivity index (χ0) is 19.5. The summed E-state index contributed by atoms with van der Waals surface area (Å²) in [6, 6.07) is 4.12. The lowest BCUT2D eigenvalue weighted by molar-refractivity contribution is -0.125. The molecule has 3 aliphatic rings. The largest absolute Gasteiger partial charge is 0.282 e. The number of hydrogen-bond acceptors (Lipinski definition) is 4. The molecule has 0 spiro atoms. The van der Waals surface area contributed by atoms with Crippen molar-refractivity contribution in [1.29, 1.82) is 0 Å². The second-order valence-corrected chi connectivity index (χ2v) is 8.61. The van der Waals surface area contributed by atoms with Crippen molar-refractivity contribution in [2.24, 2.45) is 11.3 Å². The lowest BCUT2D eigenvalue weighted by Gasteiger charge is -2.26. The number of aromatic nitrogens is 3. The molecule has 0 N–H and O–H groups in total. The molecule has 2 aromatic rings. The maximum Gasteiger partial charge on any atom is 0.237 e. The third-order valence-corrected chi connectivity index (χ3v) is 6.26. The van der Waals surface area contributed by atoms with E-state index < -0.39 is 5.41 Å². The lowest BCUT2D eigenvalue weighted by Crippen LogP contribution is -2.31. The molecule has 142 valence electrons. The number of pyridine rings is 1. The summed E-state index contributed by atoms with van der Waals surface area (Å²) in [6.07, 6.45) is 13.2. The van der Waals surface area contributed by atoms with Crippen LogP contribution in [0.4, 0.5) is 5.69 Å². The van der Waals surface area contributed by atoms with Crippen LogP contribution in [0.3, 0.4) is 0 Å². The fourth-order valence-corrected chi connectivity index (χ4v) is 4.28. The second-order valence-electron chi connectivity index (χ2n) is 8.61. The number of fused-ring (bicyclic) bond motifs is 1. The van der Waals surface area contributed by atoms with Gasteiger partial charge in [0.1, 0.15) is 5.82 Å². The summed E-state index contributed by atoms with van der Waals surface area (Å²) in [5, 5.41) is 0. The van der Waals surface area contributed by atoms with E-state index in [-0.39, 0.29) is 11.8 Å². The first-order valence-corrected chi connectivity index (χ1v) is 9.96. The molecule has 3 heterocycles. The fourth-order valence-electron chi connectivity index (χ4n) is 4.28. The summed E-state index contributed by atoms with van der Waals surface area (Å²) in [5.41, 5.74) is 4.67. The number of anilines is 1. The highest BCUT2D eigenvalue weighted by Gasteiger charge is 2.51. The lowest BCUT2D eigenvalue weighted by atomic mass is 9.75. The van der Waals surface area contributed by atoms with Crippen molar-refractivity contribution in [2.75, 3.05) is 4.90 Å². The molecule has 2 aliphatic carbocycles. The van der Waals surface area contributed by atoms with Gasteiger partial charge in [0, 0.05) is 41.2 Å². The first-order valence-electron chi connectivity index (χ1n) is 9.96. The van der Waals surface area contributed by atoms with Gasteiger partial charge in [-0.25, -0.2) is 9.97 Å². The van der Waals surface area contributed by atoms with Crippen LogP contribution in [0, 0.1) is 18.3 Å². The predicted molar refractivity (Wildman–Crippen MR) is 108 cm³/mol. The minimum absolute atomic E-state index is 0.138. The Bertz CT molecular complexity index is 998. The van der Waals surface area contributed by atoms with Gasteiger partial charge in [-0.1, -0.05) is 19.9 Å². The van der Waals surface area contributed by atoms with Gasteiger partial charge in [-0.2, -0.15) is 0 Å². The minimum Gasteiger partial charge on any atom is -0.282 e. The number of rotatable bonds is 3. The van der Waals surface area contributed by atoms with Crippen LogP contribution >= 0.6 is 0 Å². The average Bonchev–Trinajstić information content (AvgIpc) is 3.52. The maximum absolute atomic E-state index is 13.3. The highest BCUT2D eigenvalue weighted by Crippen LogP contribution is 2.50. The molecule has 1 saturated heterocycles. The van der Waals surface area contributed by atoms with Gasteiger partial charge in [-0.15, -0.1) is 0 Å². The molecule has 5 rings (SSSR count). The van der Waals surface area contributed by atoms with E-state index in [2.05, 4.69) is 33.2 Å². The molecule has 2 fully saturated rings. The molecule has 1 saturated carbocycles. The number of nitrogens with zero attached hydrogens (tertiary/aromatic N) is 4. The zero-order valence-corrected chi connectivity index (χ0v) is 16.5. The van der Waals surface area contributed by atoms with E-state index in [1.807, 2.05) is 50.3 Å². The predicted octanol–water partition coefficient (Wildman–Crippen LogP) is 4.42. The highest BCUT2D eigenvalue weighted by atomic mass is 16.2. The normalized spacial score (nSPS) is 23.3. The van der Waals surface area contributed by atoms with Gasteiger partial charge in [0.2, 0.25) is 5.91 Å². The average molecular weight is 372 g/mol. The molecule has 0 radical (unpaired) electrons. The Morgan fingerprint density at radius 3 is 2.46 bits per heavy atom. The number of amides is 1. The van der Waals surface area contributed by atoms with Gasteiger partial charge in [-0.3, -0.25) is 14.7 Å². The molecular weight excluding hydrogens is 348 g/mol. The highest BCUT2D eigenvalue weighted by molar-refractivity contribution is 6.04. The standard InChI is InChI=1S/C23H24N4O/c1-14-24-11-17(12-25-14)16-6-8-19-21(10-16)27(22(28)23(19,2)3)18-7-9-20(26-13-18)15-4-5-15/h6-7,9-13,15,19H,4-5,8H2,1-3H3. The van der Waals surface area contributed by atoms with Crippen LogP contribution < -0.4 is 4.90 Å². The molecule has 1 amide bonds. The van der Waals surface area contributed by atoms with Crippen LogP contribution in [-0.2, 0) is 4.79 Å². The summed E-state index contributed by atoms with van der Waals surface area (Å²) >= 11 is 0. The van der Waals surface area contributed by atoms with E-state index in [0.717, 1.165) is 40.5 Å². The third kappa shape index (κ3) is 2.68. The molecule has 0 bridgehead atoms. The van der Waals surface area contributed by atoms with Crippen molar-refractivity contribution in [3.05, 3.63) is 65.7 Å². The summed E-state index contributed by atoms with van der Waals surface area (Å²) in [7, 11) is 0. The number of aryl methyl sites for hydroxylation is 1. The van der Waals surface area contributed by atoms with E-state index in [1.165, 1.54) is 12.8 Å². The monoisotopic (exact) mass is 372 g/mol. The van der Waals surface area contributed by atoms with Crippen LogP contribution in [0.1, 0.15) is 56.1 Å². The quantitative estimate of drug-likeness (QED) is 0.800. The molecule has 5 heteroatoms. The number of carbonyl (C=O) groups is 1. The number of carbonyl (C=O) groups excluding carboxylic acids is 1. The Labute approximate surface area is 165 Å². The van der Waals surface area contributed by atoms with Crippen molar-refractivity contribution in [1.82, 2.24) is 15.0 Å². The van der Waals surface area contributed by atoms with Crippen molar-refractivity contribution < 1.29 is 4.79 Å². The third-order valence-electron chi connectivity index (χ3n) is 6.26. The Morgan fingerprint density at radius 1 is 1.07 bits per heavy atom. The second kappa shape index (κ2) is 6.09. The molecular formula is C23H24N4O. The van der Waals surface area contributed by atoms with Crippen molar-refractivity contribution in [3.8, 4) is 0 Å². The van der Waals surface area contributed by atoms with Gasteiger partial charge in [-0.05, 0) is 50.0 Å². The van der Waals surface area contributed by atoms with Gasteiger partial charge in [0.25, 0.3) is 0 Å². The van der Waals surface area contributed by atoms with Gasteiger partial charge >= 0.3 is 0 Å². The van der Waals surface area contributed by atoms with E-state index in [9.17, 15) is 4.79 Å². The Kier molecular flexibility index (Phi) is 3.76. The smallest absolute Gasteiger partial charge is 0.237 e. The van der Waals surface area contributed by atoms with Crippen LogP contribution in [0.15, 0.2) is 48.6 Å². The van der Waals surface area contributed by atoms with E-state index in [1.54, 1.807) is 0 Å². The van der Waals surface area contributed by atoms with Crippen LogP contribution in [0.5, 0.6) is 0 Å². The SMILES string of the molecule is Cc1ncc(C2=CCC3C(=C2)N(c2ccc(C4CC4)nc2)C(=O)C3(C)C)cn1. The fraction of sp³-hybridized carbons (Fsp3) is 0.391. The summed E-state index contributed by atoms with van der Waals surface area (Å²) in [5.74, 6) is 1.67. The minimum atomic E-state index is -0.438. The topological polar surface area (TPSA) is 59.0 Å². The molecule has 1 unspecified atom stereocenters. The van der Waals surface area contributed by atoms with Crippen molar-refractivity contribution in [2.45, 2.75) is 46.0 Å². The molecule has 0 aromatic carbocycles. The Balaban J connectivity index is 1.54. The zero-order valence-electron chi connectivity index (χ0n) is 16.5. The summed E-state index contributed by atoms with van der Waals surface area (Å²) in [6.45, 7) is 5.98. The molecule has 1 atom stereocenters. The summed E-state index contributed by atoms with van der Waals surface area (Å²) < 4.78 is 0. The Hall–Kier alpha value is -2.82. The first kappa shape index (κ1) is 17.3. The molecule has 5 nitrogen and oxygen atoms in total. The molecule has 1 aliphatic heterocycles. The van der Waals surface area contributed by atoms with Crippen molar-refractivity contribution in [3.63, 3.8) is 0 Å². The van der Waals surface area contributed by atoms with E-state index >= 15 is 0 Å². The molecule has 28 heavy (non-hydrogen) atoms. The number of allylic oxidation sites excluding steroid dienone is 4. The Morgan fingerprint density at radius 2 is 1.82 bits per heavy atom. The summed E-state index contributed by atoms with van der Waals surface area (Å²) in [4.78, 5) is 28.5. The van der Waals surface area contributed by atoms with Gasteiger partial charge in [0.15, 0.2) is 0 Å². The van der Waals surface area contributed by atoms with Gasteiger partial charge < -0.3 is 0 Å². The van der Waals surface area contributed by atoms with Gasteiger partial charge in [0.05, 0.1) is 17.3 Å². The van der Waals surface area contributed by atoms with Crippen LogP contribution in [0.25, 0.3) is 5.57 Å². The van der Waals surface area contributed by atoms with E-state index in [4.69, 9.17) is 0 Å². The van der Waals surface area contributed by atoms with E-state index in [0.29, 0.717) is 5.92 Å². The first-order chi connectivity index (χ1) is 13.4. The maximum atomic E-state index is 13.3. The molecule has 2 aromatic heterocycles. The van der Waals surface area contributed by atoms with Crippen LogP contribution in [0.2, 0.25) is 0 Å². The number of hydrogen-bond donors (Lipinski definition) is 0. The van der Waals surface area contributed by atoms with Crippen LogP contribution in [-0.4, -0.2) is 20.9 Å².